The number of benzene rings is 1. The van der Waals surface area contributed by atoms with Crippen molar-refractivity contribution in [2.75, 3.05) is 49.9 Å². The molecule has 4 aromatic rings. The molecule has 3 heterocycles. The third-order valence-corrected chi connectivity index (χ3v) is 9.03. The van der Waals surface area contributed by atoms with Gasteiger partial charge < -0.3 is 19.6 Å². The molecule has 4 rings (SSSR count). The fourth-order valence-electron chi connectivity index (χ4n) is 3.53. The summed E-state index contributed by atoms with van der Waals surface area (Å²) in [5.41, 5.74) is 0.901. The lowest BCUT2D eigenvalue weighted by Gasteiger charge is -2.15. The number of nitrogens with zero attached hydrogens (tertiary/aromatic N) is 5. The van der Waals surface area contributed by atoms with Gasteiger partial charge in [0.15, 0.2) is 27.3 Å². The van der Waals surface area contributed by atoms with Crippen LogP contribution in [0.3, 0.4) is 0 Å². The van der Waals surface area contributed by atoms with Crippen LogP contribution in [0.1, 0.15) is 17.0 Å². The number of methoxy groups -OCH3 is 1. The number of aliphatic hydroxyl groups excluding tert-OH is 1. The molecule has 15 heteroatoms. The first-order valence-electron chi connectivity index (χ1n) is 12.1. The number of aromatic nitrogens is 3. The maximum Gasteiger partial charge on any atom is 0.280 e. The molecule has 0 spiro atoms. The predicted molar refractivity (Wildman–Crippen MR) is 155 cm³/mol. The summed E-state index contributed by atoms with van der Waals surface area (Å²) in [6.45, 7) is 0.824. The summed E-state index contributed by atoms with van der Waals surface area (Å²) in [5, 5.41) is 18.8. The van der Waals surface area contributed by atoms with Crippen LogP contribution in [0.4, 0.5) is 10.9 Å². The molecule has 0 fully saturated rings. The summed E-state index contributed by atoms with van der Waals surface area (Å²) in [4.78, 5) is 34.5. The number of pyridine rings is 1. The first kappa shape index (κ1) is 29.5. The van der Waals surface area contributed by atoms with Crippen molar-refractivity contribution >= 4 is 65.4 Å². The third-order valence-electron chi connectivity index (χ3n) is 5.58. The van der Waals surface area contributed by atoms with Gasteiger partial charge in [-0.05, 0) is 30.7 Å². The maximum absolute atomic E-state index is 13.3. The van der Waals surface area contributed by atoms with E-state index in [1.807, 2.05) is 11.9 Å². The Bertz CT molecular complexity index is 1560. The third kappa shape index (κ3) is 7.57. The summed E-state index contributed by atoms with van der Waals surface area (Å²) >= 11 is 2.58. The van der Waals surface area contributed by atoms with Crippen molar-refractivity contribution in [2.45, 2.75) is 17.9 Å². The number of rotatable bonds is 14. The second kappa shape index (κ2) is 13.7. The lowest BCUT2D eigenvalue weighted by Crippen LogP contribution is -2.24. The average molecular weight is 605 g/mol. The van der Waals surface area contributed by atoms with E-state index in [1.165, 1.54) is 54.0 Å². The molecule has 212 valence electrons. The van der Waals surface area contributed by atoms with Gasteiger partial charge in [-0.25, -0.2) is 23.4 Å². The first-order valence-corrected chi connectivity index (χ1v) is 15.5. The Kier molecular flexibility index (Phi) is 10.1. The summed E-state index contributed by atoms with van der Waals surface area (Å²) < 4.78 is 30.2. The molecule has 0 saturated heterocycles. The highest BCUT2D eigenvalue weighted by atomic mass is 32.2. The number of nitrogens with one attached hydrogen (secondary N) is 1. The number of amides is 1. The molecule has 0 aliphatic carbocycles. The average Bonchev–Trinajstić information content (AvgIpc) is 3.60. The van der Waals surface area contributed by atoms with Crippen molar-refractivity contribution in [1.29, 1.82) is 0 Å². The van der Waals surface area contributed by atoms with Gasteiger partial charge in [0.25, 0.3) is 5.91 Å². The Balaban J connectivity index is 1.56. The number of aliphatic hydroxyl groups is 1. The molecule has 2 N–H and O–H groups in total. The Morgan fingerprint density at radius 2 is 1.98 bits per heavy atom. The van der Waals surface area contributed by atoms with Crippen LogP contribution in [0.25, 0.3) is 10.3 Å². The van der Waals surface area contributed by atoms with Crippen LogP contribution in [-0.4, -0.2) is 79.8 Å². The van der Waals surface area contributed by atoms with E-state index in [0.29, 0.717) is 51.4 Å². The summed E-state index contributed by atoms with van der Waals surface area (Å²) in [6, 6.07) is 9.47. The van der Waals surface area contributed by atoms with Gasteiger partial charge in [-0.2, -0.15) is 0 Å². The zero-order chi connectivity index (χ0) is 28.5. The van der Waals surface area contributed by atoms with E-state index in [9.17, 15) is 18.3 Å². The van der Waals surface area contributed by atoms with Crippen LogP contribution < -0.4 is 10.2 Å². The lowest BCUT2D eigenvalue weighted by molar-refractivity contribution is -0.110. The monoisotopic (exact) mass is 604 g/mol. The molecular weight excluding hydrogens is 577 g/mol. The molecule has 0 atom stereocenters. The number of hydrogen-bond acceptors (Lipinski definition) is 13. The molecule has 3 aromatic heterocycles. The Hall–Kier alpha value is -3.50. The Morgan fingerprint density at radius 3 is 2.67 bits per heavy atom. The van der Waals surface area contributed by atoms with Gasteiger partial charge in [0.1, 0.15) is 21.2 Å². The molecular formula is C25H28N6O6S3. The van der Waals surface area contributed by atoms with Crippen LogP contribution >= 0.6 is 22.7 Å². The van der Waals surface area contributed by atoms with E-state index < -0.39 is 15.7 Å². The van der Waals surface area contributed by atoms with Crippen molar-refractivity contribution in [3.05, 3.63) is 58.5 Å². The number of oxime groups is 1. The van der Waals surface area contributed by atoms with Gasteiger partial charge in [-0.15, -0.1) is 11.3 Å². The largest absolute Gasteiger partial charge is 0.395 e. The van der Waals surface area contributed by atoms with Gasteiger partial charge >= 0.3 is 0 Å². The fraction of sp³-hybridized carbons (Fsp3) is 0.320. The summed E-state index contributed by atoms with van der Waals surface area (Å²) in [5.74, 6) is 0.0199. The van der Waals surface area contributed by atoms with E-state index in [1.54, 1.807) is 23.7 Å². The van der Waals surface area contributed by atoms with Gasteiger partial charge in [-0.1, -0.05) is 28.6 Å². The lowest BCUT2D eigenvalue weighted by atomic mass is 10.1. The highest BCUT2D eigenvalue weighted by Gasteiger charge is 2.20. The maximum atomic E-state index is 13.3. The molecule has 0 aliphatic rings. The van der Waals surface area contributed by atoms with Crippen LogP contribution in [0, 0.1) is 0 Å². The molecule has 0 bridgehead atoms. The van der Waals surface area contributed by atoms with Crippen LogP contribution in [0.5, 0.6) is 0 Å². The molecule has 0 saturated carbocycles. The van der Waals surface area contributed by atoms with E-state index in [-0.39, 0.29) is 29.6 Å². The number of carbonyl (C=O) groups excluding carboxylic acids is 1. The van der Waals surface area contributed by atoms with E-state index >= 15 is 0 Å². The van der Waals surface area contributed by atoms with E-state index in [4.69, 9.17) is 9.57 Å². The number of carbonyl (C=O) groups is 1. The highest BCUT2D eigenvalue weighted by molar-refractivity contribution is 7.91. The van der Waals surface area contributed by atoms with Crippen molar-refractivity contribution < 1.29 is 27.9 Å². The van der Waals surface area contributed by atoms with E-state index in [2.05, 4.69) is 25.4 Å². The zero-order valence-corrected chi connectivity index (χ0v) is 24.3. The number of thiazole rings is 2. The van der Waals surface area contributed by atoms with Gasteiger partial charge in [0.05, 0.1) is 17.3 Å². The van der Waals surface area contributed by atoms with E-state index in [0.717, 1.165) is 0 Å². The standard InChI is InChI=1S/C25H28N6O6S3/c1-31(11-12-32)20-9-8-19-24(28-20)39-25(27-19)29-23(33)22(30-37-16-21-26-10-14-38-21)17-4-6-18(7-5-17)40(34,35)15-3-13-36-2/h4-10,14,32H,3,11-13,15-16H2,1-2H3,(H,27,29,33). The van der Waals surface area contributed by atoms with Crippen LogP contribution in [0.15, 0.2) is 58.0 Å². The summed E-state index contributed by atoms with van der Waals surface area (Å²) in [7, 11) is -0.174. The molecule has 1 amide bonds. The number of fused-ring (bicyclic) bond motifs is 1. The van der Waals surface area contributed by atoms with Crippen molar-refractivity contribution in [1.82, 2.24) is 15.0 Å². The summed E-state index contributed by atoms with van der Waals surface area (Å²) in [6.07, 6.45) is 2.01. The zero-order valence-electron chi connectivity index (χ0n) is 21.8. The number of ether oxygens (including phenoxy) is 1. The highest BCUT2D eigenvalue weighted by Crippen LogP contribution is 2.27. The van der Waals surface area contributed by atoms with Crippen LogP contribution in [0.2, 0.25) is 0 Å². The SMILES string of the molecule is COCCCS(=O)(=O)c1ccc(C(=NOCc2nccs2)C(=O)Nc2nc3ccc(N(C)CCO)nc3s2)cc1. The normalized spacial score (nSPS) is 12.0. The molecule has 12 nitrogen and oxygen atoms in total. The minimum absolute atomic E-state index is 0.00628. The van der Waals surface area contributed by atoms with Gasteiger partial charge in [0, 0.05) is 44.4 Å². The van der Waals surface area contributed by atoms with Gasteiger partial charge in [0.2, 0.25) is 0 Å². The topological polar surface area (TPSA) is 156 Å². The first-order chi connectivity index (χ1) is 19.3. The second-order valence-corrected chi connectivity index (χ2v) is 12.5. The van der Waals surface area contributed by atoms with Crippen molar-refractivity contribution in [3.8, 4) is 0 Å². The van der Waals surface area contributed by atoms with Crippen molar-refractivity contribution in [3.63, 3.8) is 0 Å². The predicted octanol–water partition coefficient (Wildman–Crippen LogP) is 2.95. The van der Waals surface area contributed by atoms with Crippen molar-refractivity contribution in [2.24, 2.45) is 5.16 Å². The fourth-order valence-corrected chi connectivity index (χ4v) is 6.16. The second-order valence-electron chi connectivity index (χ2n) is 8.44. The molecule has 0 unspecified atom stereocenters. The Morgan fingerprint density at radius 1 is 1.18 bits per heavy atom. The Labute approximate surface area is 239 Å². The number of likely N-dealkylation sites (N-methyl/N-ethyl adjacent to an activating group) is 1. The van der Waals surface area contributed by atoms with Crippen LogP contribution in [-0.2, 0) is 30.8 Å². The smallest absolute Gasteiger partial charge is 0.280 e. The number of anilines is 2. The molecule has 40 heavy (non-hydrogen) atoms. The minimum Gasteiger partial charge on any atom is -0.395 e. The number of hydrogen-bond donors (Lipinski definition) is 2. The minimum atomic E-state index is -3.51. The number of sulfone groups is 1. The molecule has 0 radical (unpaired) electrons. The molecule has 1 aromatic carbocycles. The molecule has 0 aliphatic heterocycles. The van der Waals surface area contributed by atoms with Gasteiger partial charge in [-0.3, -0.25) is 10.1 Å². The quantitative estimate of drug-likeness (QED) is 0.125.